The first-order valence-corrected chi connectivity index (χ1v) is 8.53. The summed E-state index contributed by atoms with van der Waals surface area (Å²) in [6, 6.07) is 2.92. The van der Waals surface area contributed by atoms with Gasteiger partial charge in [-0.2, -0.15) is 0 Å². The van der Waals surface area contributed by atoms with Crippen LogP contribution in [0.5, 0.6) is 0 Å². The summed E-state index contributed by atoms with van der Waals surface area (Å²) in [4.78, 5) is 42.6. The van der Waals surface area contributed by atoms with Gasteiger partial charge in [-0.05, 0) is 43.7 Å². The Balaban J connectivity index is 1.68. The highest BCUT2D eigenvalue weighted by Gasteiger charge is 2.49. The van der Waals surface area contributed by atoms with E-state index in [1.54, 1.807) is 12.3 Å². The first-order chi connectivity index (χ1) is 11.8. The fourth-order valence-corrected chi connectivity index (χ4v) is 3.96. The molecule has 1 atom stereocenters. The number of pyridine rings is 1. The third-order valence-corrected chi connectivity index (χ3v) is 5.50. The quantitative estimate of drug-likeness (QED) is 0.837. The van der Waals surface area contributed by atoms with Crippen LogP contribution in [0.1, 0.15) is 43.5 Å². The van der Waals surface area contributed by atoms with E-state index in [1.165, 1.54) is 18.7 Å². The second-order valence-corrected chi connectivity index (χ2v) is 7.15. The molecule has 134 valence electrons. The first-order valence-electron chi connectivity index (χ1n) is 8.53. The minimum atomic E-state index is -0.920. The molecule has 3 rings (SSSR count). The van der Waals surface area contributed by atoms with Crippen LogP contribution >= 0.6 is 0 Å². The average molecular weight is 345 g/mol. The fraction of sp³-hybridized carbons (Fsp3) is 0.556. The van der Waals surface area contributed by atoms with Crippen molar-refractivity contribution in [3.8, 4) is 0 Å². The van der Waals surface area contributed by atoms with Crippen molar-refractivity contribution in [2.24, 2.45) is 5.41 Å². The Labute approximate surface area is 146 Å². The Kier molecular flexibility index (Phi) is 4.49. The number of rotatable bonds is 3. The number of aromatic nitrogens is 1. The molecule has 2 aliphatic heterocycles. The third kappa shape index (κ3) is 3.36. The Morgan fingerprint density at radius 3 is 2.32 bits per heavy atom. The molecular weight excluding hydrogens is 322 g/mol. The predicted octanol–water partition coefficient (Wildman–Crippen LogP) is 1.58. The van der Waals surface area contributed by atoms with Gasteiger partial charge in [0.25, 0.3) is 0 Å². The topological polar surface area (TPSA) is 90.8 Å². The molecule has 0 bridgehead atoms. The van der Waals surface area contributed by atoms with Crippen molar-refractivity contribution in [3.05, 3.63) is 23.9 Å². The maximum absolute atomic E-state index is 11.8. The number of Topliss-reactive ketones (excluding diaryl/α,β-unsaturated/α-hetero) is 1. The monoisotopic (exact) mass is 345 g/mol. The number of amides is 1. The molecule has 1 amide bonds. The van der Waals surface area contributed by atoms with Gasteiger partial charge in [-0.15, -0.1) is 0 Å². The lowest BCUT2D eigenvalue weighted by Gasteiger charge is -2.39. The van der Waals surface area contributed by atoms with E-state index in [4.69, 9.17) is 0 Å². The second kappa shape index (κ2) is 6.46. The lowest BCUT2D eigenvalue weighted by molar-refractivity contribution is -0.147. The molecule has 1 spiro atoms. The van der Waals surface area contributed by atoms with Crippen LogP contribution in [0.25, 0.3) is 0 Å². The van der Waals surface area contributed by atoms with Gasteiger partial charge in [0.1, 0.15) is 11.9 Å². The number of hydrogen-bond donors (Lipinski definition) is 1. The standard InChI is InChI=1S/C18H23N3O4/c1-12(22)14-3-4-16(19-10-14)20-7-5-18(6-8-20)9-15(17(24)25)21(11-18)13(2)23/h3-4,10,15H,5-9,11H2,1-2H3,(H,24,25)/t15-/m0/s1. The Morgan fingerprint density at radius 2 is 1.88 bits per heavy atom. The van der Waals surface area contributed by atoms with Crippen LogP contribution in [0.15, 0.2) is 18.3 Å². The van der Waals surface area contributed by atoms with Gasteiger partial charge in [0, 0.05) is 38.3 Å². The van der Waals surface area contributed by atoms with Crippen molar-refractivity contribution >= 4 is 23.5 Å². The van der Waals surface area contributed by atoms with Crippen molar-refractivity contribution in [2.45, 2.75) is 39.2 Å². The van der Waals surface area contributed by atoms with E-state index in [-0.39, 0.29) is 17.1 Å². The number of carbonyl (C=O) groups is 3. The molecule has 0 saturated carbocycles. The van der Waals surface area contributed by atoms with Gasteiger partial charge in [-0.1, -0.05) is 0 Å². The second-order valence-electron chi connectivity index (χ2n) is 7.15. The Bertz CT molecular complexity index is 669. The normalized spacial score (nSPS) is 22.2. The summed E-state index contributed by atoms with van der Waals surface area (Å²) < 4.78 is 0. The molecule has 1 aromatic heterocycles. The maximum atomic E-state index is 11.8. The molecule has 7 nitrogen and oxygen atoms in total. The summed E-state index contributed by atoms with van der Waals surface area (Å²) in [6.45, 7) is 5.00. The molecule has 7 heteroatoms. The van der Waals surface area contributed by atoms with Crippen LogP contribution in [-0.4, -0.2) is 58.3 Å². The zero-order chi connectivity index (χ0) is 18.2. The van der Waals surface area contributed by atoms with Crippen molar-refractivity contribution in [3.63, 3.8) is 0 Å². The molecule has 3 heterocycles. The van der Waals surface area contributed by atoms with Crippen molar-refractivity contribution in [2.75, 3.05) is 24.5 Å². The zero-order valence-corrected chi connectivity index (χ0v) is 14.6. The summed E-state index contributed by atoms with van der Waals surface area (Å²) in [7, 11) is 0. The van der Waals surface area contributed by atoms with Crippen LogP contribution in [0.2, 0.25) is 0 Å². The number of carbonyl (C=O) groups excluding carboxylic acids is 2. The van der Waals surface area contributed by atoms with E-state index in [0.717, 1.165) is 31.7 Å². The SMILES string of the molecule is CC(=O)c1ccc(N2CCC3(CC2)C[C@@H](C(=O)O)N(C(C)=O)C3)nc1. The van der Waals surface area contributed by atoms with Crippen LogP contribution in [0.3, 0.4) is 0 Å². The summed E-state index contributed by atoms with van der Waals surface area (Å²) in [5.41, 5.74) is 0.472. The van der Waals surface area contributed by atoms with Crippen LogP contribution < -0.4 is 4.90 Å². The van der Waals surface area contributed by atoms with Gasteiger partial charge in [-0.25, -0.2) is 9.78 Å². The molecule has 1 N–H and O–H groups in total. The first kappa shape index (κ1) is 17.4. The predicted molar refractivity (Wildman–Crippen MR) is 91.5 cm³/mol. The van der Waals surface area contributed by atoms with Gasteiger partial charge >= 0.3 is 5.97 Å². The molecule has 0 aromatic carbocycles. The van der Waals surface area contributed by atoms with Crippen LogP contribution in [-0.2, 0) is 9.59 Å². The minimum absolute atomic E-state index is 0.00774. The van der Waals surface area contributed by atoms with E-state index < -0.39 is 12.0 Å². The smallest absolute Gasteiger partial charge is 0.326 e. The maximum Gasteiger partial charge on any atom is 0.326 e. The summed E-state index contributed by atoms with van der Waals surface area (Å²) in [5.74, 6) is -0.271. The van der Waals surface area contributed by atoms with Gasteiger partial charge in [-0.3, -0.25) is 9.59 Å². The summed E-state index contributed by atoms with van der Waals surface area (Å²) >= 11 is 0. The van der Waals surface area contributed by atoms with E-state index in [1.807, 2.05) is 6.07 Å². The molecule has 2 saturated heterocycles. The number of piperidine rings is 1. The fourth-order valence-electron chi connectivity index (χ4n) is 3.96. The van der Waals surface area contributed by atoms with Gasteiger partial charge in [0.15, 0.2) is 5.78 Å². The van der Waals surface area contributed by atoms with E-state index in [9.17, 15) is 19.5 Å². The molecular formula is C18H23N3O4. The summed E-state index contributed by atoms with van der Waals surface area (Å²) in [6.07, 6.45) is 3.77. The largest absolute Gasteiger partial charge is 0.480 e. The van der Waals surface area contributed by atoms with Gasteiger partial charge in [0.05, 0.1) is 0 Å². The van der Waals surface area contributed by atoms with Crippen molar-refractivity contribution in [1.82, 2.24) is 9.88 Å². The molecule has 2 aliphatic rings. The van der Waals surface area contributed by atoms with E-state index in [0.29, 0.717) is 18.5 Å². The van der Waals surface area contributed by atoms with Crippen LogP contribution in [0, 0.1) is 5.41 Å². The number of carboxylic acid groups (broad SMARTS) is 1. The number of aliphatic carboxylic acids is 1. The highest BCUT2D eigenvalue weighted by atomic mass is 16.4. The molecule has 25 heavy (non-hydrogen) atoms. The number of anilines is 1. The number of carboxylic acids is 1. The lowest BCUT2D eigenvalue weighted by atomic mass is 9.76. The molecule has 1 aromatic rings. The van der Waals surface area contributed by atoms with Crippen LogP contribution in [0.4, 0.5) is 5.82 Å². The number of hydrogen-bond acceptors (Lipinski definition) is 5. The van der Waals surface area contributed by atoms with Gasteiger partial charge < -0.3 is 14.9 Å². The molecule has 0 radical (unpaired) electrons. The number of nitrogens with zero attached hydrogens (tertiary/aromatic N) is 3. The number of likely N-dealkylation sites (tertiary alicyclic amines) is 1. The third-order valence-electron chi connectivity index (χ3n) is 5.50. The molecule has 0 unspecified atom stereocenters. The number of ketones is 1. The average Bonchev–Trinajstić information content (AvgIpc) is 2.96. The zero-order valence-electron chi connectivity index (χ0n) is 14.6. The van der Waals surface area contributed by atoms with Gasteiger partial charge in [0.2, 0.25) is 5.91 Å². The lowest BCUT2D eigenvalue weighted by Crippen LogP contribution is -2.42. The highest BCUT2D eigenvalue weighted by Crippen LogP contribution is 2.44. The van der Waals surface area contributed by atoms with Crippen molar-refractivity contribution in [1.29, 1.82) is 0 Å². The molecule has 0 aliphatic carbocycles. The molecule has 2 fully saturated rings. The van der Waals surface area contributed by atoms with E-state index in [2.05, 4.69) is 9.88 Å². The van der Waals surface area contributed by atoms with Crippen molar-refractivity contribution < 1.29 is 19.5 Å². The minimum Gasteiger partial charge on any atom is -0.480 e. The van der Waals surface area contributed by atoms with E-state index >= 15 is 0 Å². The Morgan fingerprint density at radius 1 is 1.20 bits per heavy atom. The Hall–Kier alpha value is -2.44. The highest BCUT2D eigenvalue weighted by molar-refractivity contribution is 5.93. The summed E-state index contributed by atoms with van der Waals surface area (Å²) in [5, 5.41) is 9.41.